The molecular weight excluding hydrogens is 176 g/mol. The van der Waals surface area contributed by atoms with Crippen LogP contribution >= 0.6 is 11.8 Å². The van der Waals surface area contributed by atoms with Gasteiger partial charge in [0, 0.05) is 6.07 Å². The molecule has 64 valence electrons. The molecule has 1 heterocycles. The number of hydrogen-bond donors (Lipinski definition) is 1. The first-order valence-corrected chi connectivity index (χ1v) is 4.70. The quantitative estimate of drug-likeness (QED) is 0.692. The normalized spacial score (nSPS) is 9.75. The summed E-state index contributed by atoms with van der Waals surface area (Å²) in [5, 5.41) is 0. The van der Waals surface area contributed by atoms with E-state index in [1.54, 1.807) is 0 Å². The Hall–Kier alpha value is -1.10. The molecule has 0 aliphatic carbocycles. The van der Waals surface area contributed by atoms with Crippen LogP contribution in [0.3, 0.4) is 0 Å². The zero-order valence-corrected chi connectivity index (χ0v) is 7.35. The molecule has 1 rings (SSSR count). The molecule has 1 N–H and O–H groups in total. The molecule has 1 aromatic rings. The first kappa shape index (κ1) is 8.99. The van der Waals surface area contributed by atoms with Gasteiger partial charge in [0.05, 0.1) is 5.75 Å². The van der Waals surface area contributed by atoms with Crippen LogP contribution in [0.4, 0.5) is 0 Å². The van der Waals surface area contributed by atoms with Gasteiger partial charge in [-0.1, -0.05) is 0 Å². The first-order valence-electron chi connectivity index (χ1n) is 3.30. The minimum Gasteiger partial charge on any atom is -0.310 e. The highest BCUT2D eigenvalue weighted by molar-refractivity contribution is 7.97. The summed E-state index contributed by atoms with van der Waals surface area (Å²) >= 11 is 1.53. The van der Waals surface area contributed by atoms with E-state index in [0.717, 1.165) is 0 Å². The molecule has 0 spiro atoms. The summed E-state index contributed by atoms with van der Waals surface area (Å²) in [6.07, 6.45) is 2.46. The third-order valence-corrected chi connectivity index (χ3v) is 1.77. The molecular formula is C7H8N2O2S. The Labute approximate surface area is 73.4 Å². The molecule has 0 unspecified atom stereocenters. The van der Waals surface area contributed by atoms with E-state index in [4.69, 9.17) is 0 Å². The van der Waals surface area contributed by atoms with Crippen LogP contribution in [0, 0.1) is 0 Å². The number of rotatable bonds is 3. The van der Waals surface area contributed by atoms with Gasteiger partial charge in [-0.3, -0.25) is 9.59 Å². The Kier molecular flexibility index (Phi) is 3.04. The molecule has 0 radical (unpaired) electrons. The van der Waals surface area contributed by atoms with E-state index in [9.17, 15) is 9.59 Å². The Morgan fingerprint density at radius 1 is 1.75 bits per heavy atom. The largest absolute Gasteiger partial charge is 0.310 e. The number of aldehydes is 1. The summed E-state index contributed by atoms with van der Waals surface area (Å²) in [6.45, 7) is 0. The number of thioether (sulfide) groups is 1. The molecule has 0 aliphatic heterocycles. The van der Waals surface area contributed by atoms with Gasteiger partial charge >= 0.3 is 0 Å². The van der Waals surface area contributed by atoms with Crippen molar-refractivity contribution in [2.45, 2.75) is 5.75 Å². The number of nitrogens with one attached hydrogen (secondary N) is 1. The van der Waals surface area contributed by atoms with Crippen molar-refractivity contribution >= 4 is 18.0 Å². The summed E-state index contributed by atoms with van der Waals surface area (Å²) in [4.78, 5) is 27.6. The molecule has 0 atom stereocenters. The second kappa shape index (κ2) is 4.06. The van der Waals surface area contributed by atoms with E-state index in [1.807, 2.05) is 6.26 Å². The molecule has 0 saturated heterocycles. The minimum atomic E-state index is -0.281. The number of carbonyl (C=O) groups is 1. The van der Waals surface area contributed by atoms with E-state index in [2.05, 4.69) is 9.97 Å². The molecule has 0 bridgehead atoms. The van der Waals surface area contributed by atoms with Crippen LogP contribution in [-0.2, 0) is 5.75 Å². The van der Waals surface area contributed by atoms with Crippen LogP contribution in [0.25, 0.3) is 0 Å². The lowest BCUT2D eigenvalue weighted by Gasteiger charge is -1.96. The lowest BCUT2D eigenvalue weighted by molar-refractivity contribution is 0.111. The maximum absolute atomic E-state index is 10.9. The van der Waals surface area contributed by atoms with Crippen molar-refractivity contribution in [3.63, 3.8) is 0 Å². The fourth-order valence-electron chi connectivity index (χ4n) is 0.794. The van der Waals surface area contributed by atoms with Crippen molar-refractivity contribution in [2.24, 2.45) is 0 Å². The van der Waals surface area contributed by atoms with E-state index in [1.165, 1.54) is 17.8 Å². The zero-order chi connectivity index (χ0) is 8.97. The molecule has 0 aliphatic rings. The Balaban J connectivity index is 3.06. The first-order chi connectivity index (χ1) is 5.76. The van der Waals surface area contributed by atoms with Crippen molar-refractivity contribution in [3.05, 3.63) is 27.9 Å². The number of hydrogen-bond acceptors (Lipinski definition) is 4. The standard InChI is InChI=1S/C7H8N2O2S/c1-12-4-6-8-5(3-10)2-7(11)9-6/h2-3H,4H2,1H3,(H,8,9,11). The van der Waals surface area contributed by atoms with Gasteiger partial charge in [-0.2, -0.15) is 11.8 Å². The van der Waals surface area contributed by atoms with Crippen LogP contribution in [0.5, 0.6) is 0 Å². The summed E-state index contributed by atoms with van der Waals surface area (Å²) in [5.74, 6) is 1.15. The molecule has 12 heavy (non-hydrogen) atoms. The van der Waals surface area contributed by atoms with Gasteiger partial charge in [0.25, 0.3) is 5.56 Å². The van der Waals surface area contributed by atoms with Gasteiger partial charge in [-0.15, -0.1) is 0 Å². The minimum absolute atomic E-state index is 0.183. The number of carbonyl (C=O) groups excluding carboxylic acids is 1. The highest BCUT2D eigenvalue weighted by Crippen LogP contribution is 2.01. The predicted molar refractivity (Wildman–Crippen MR) is 47.5 cm³/mol. The average molecular weight is 184 g/mol. The smallest absolute Gasteiger partial charge is 0.251 e. The van der Waals surface area contributed by atoms with Gasteiger partial charge in [0.1, 0.15) is 11.5 Å². The number of H-pyrrole nitrogens is 1. The van der Waals surface area contributed by atoms with E-state index in [-0.39, 0.29) is 11.3 Å². The van der Waals surface area contributed by atoms with Crippen LogP contribution in [0.2, 0.25) is 0 Å². The second-order valence-corrected chi connectivity index (χ2v) is 3.03. The van der Waals surface area contributed by atoms with Crippen molar-refractivity contribution in [2.75, 3.05) is 6.26 Å². The molecule has 1 aromatic heterocycles. The SMILES string of the molecule is CSCc1nc(C=O)cc(=O)[nH]1. The number of aromatic amines is 1. The Morgan fingerprint density at radius 2 is 2.50 bits per heavy atom. The van der Waals surface area contributed by atoms with Crippen molar-refractivity contribution in [3.8, 4) is 0 Å². The maximum Gasteiger partial charge on any atom is 0.251 e. The molecule has 0 aromatic carbocycles. The Bertz CT molecular complexity index is 334. The number of aromatic nitrogens is 2. The average Bonchev–Trinajstić information content (AvgIpc) is 2.04. The fourth-order valence-corrected chi connectivity index (χ4v) is 1.20. The fraction of sp³-hybridized carbons (Fsp3) is 0.286. The molecule has 5 heteroatoms. The topological polar surface area (TPSA) is 62.8 Å². The third kappa shape index (κ3) is 2.20. The molecule has 0 saturated carbocycles. The molecule has 0 amide bonds. The molecule has 0 fully saturated rings. The summed E-state index contributed by atoms with van der Waals surface area (Å²) in [6, 6.07) is 1.18. The highest BCUT2D eigenvalue weighted by atomic mass is 32.2. The Morgan fingerprint density at radius 3 is 3.08 bits per heavy atom. The summed E-state index contributed by atoms with van der Waals surface area (Å²) in [7, 11) is 0. The lowest BCUT2D eigenvalue weighted by Crippen LogP contribution is -2.11. The maximum atomic E-state index is 10.9. The van der Waals surface area contributed by atoms with Gasteiger partial charge in [0.2, 0.25) is 0 Å². The van der Waals surface area contributed by atoms with Crippen LogP contribution in [-0.4, -0.2) is 22.5 Å². The zero-order valence-electron chi connectivity index (χ0n) is 6.53. The monoisotopic (exact) mass is 184 g/mol. The summed E-state index contributed by atoms with van der Waals surface area (Å²) in [5.41, 5.74) is -0.0982. The van der Waals surface area contributed by atoms with Gasteiger partial charge in [0.15, 0.2) is 6.29 Å². The van der Waals surface area contributed by atoms with Gasteiger partial charge in [-0.05, 0) is 6.26 Å². The van der Waals surface area contributed by atoms with Gasteiger partial charge in [-0.25, -0.2) is 4.98 Å². The molecule has 4 nitrogen and oxygen atoms in total. The van der Waals surface area contributed by atoms with Crippen molar-refractivity contribution in [1.82, 2.24) is 9.97 Å². The number of nitrogens with zero attached hydrogens (tertiary/aromatic N) is 1. The third-order valence-electron chi connectivity index (χ3n) is 1.21. The van der Waals surface area contributed by atoms with E-state index >= 15 is 0 Å². The lowest BCUT2D eigenvalue weighted by atomic mass is 10.4. The van der Waals surface area contributed by atoms with Crippen LogP contribution in [0.1, 0.15) is 16.3 Å². The summed E-state index contributed by atoms with van der Waals surface area (Å²) < 4.78 is 0. The second-order valence-electron chi connectivity index (χ2n) is 2.17. The van der Waals surface area contributed by atoms with E-state index < -0.39 is 0 Å². The van der Waals surface area contributed by atoms with Crippen LogP contribution in [0.15, 0.2) is 10.9 Å². The van der Waals surface area contributed by atoms with Crippen LogP contribution < -0.4 is 5.56 Å². The highest BCUT2D eigenvalue weighted by Gasteiger charge is 1.98. The van der Waals surface area contributed by atoms with E-state index in [0.29, 0.717) is 17.9 Å². The predicted octanol–water partition coefficient (Wildman–Crippen LogP) is 0.445. The van der Waals surface area contributed by atoms with Crippen molar-refractivity contribution in [1.29, 1.82) is 0 Å². The van der Waals surface area contributed by atoms with Gasteiger partial charge < -0.3 is 4.98 Å². The van der Waals surface area contributed by atoms with Crippen molar-refractivity contribution < 1.29 is 4.79 Å².